The van der Waals surface area contributed by atoms with E-state index >= 15 is 0 Å². The van der Waals surface area contributed by atoms with Crippen LogP contribution in [0.5, 0.6) is 0 Å². The number of nitriles is 1. The van der Waals surface area contributed by atoms with E-state index in [4.69, 9.17) is 21.3 Å². The van der Waals surface area contributed by atoms with Crippen molar-refractivity contribution in [3.05, 3.63) is 47.1 Å². The summed E-state index contributed by atoms with van der Waals surface area (Å²) in [6.07, 6.45) is 3.01. The van der Waals surface area contributed by atoms with Gasteiger partial charge in [0.25, 0.3) is 0 Å². The van der Waals surface area contributed by atoms with Crippen LogP contribution in [0.15, 0.2) is 35.2 Å². The quantitative estimate of drug-likeness (QED) is 0.886. The number of rotatable bonds is 3. The molecular weight excluding hydrogens is 226 g/mol. The van der Waals surface area contributed by atoms with Crippen LogP contribution in [-0.4, -0.2) is 4.98 Å². The number of nitrogens with zero attached hydrogens (tertiary/aromatic N) is 2. The molecule has 0 bridgehead atoms. The number of oxazole rings is 1. The Kier molecular flexibility index (Phi) is 3.08. The molecule has 2 aromatic rings. The molecule has 1 N–H and O–H groups in total. The molecule has 2 rings (SSSR count). The summed E-state index contributed by atoms with van der Waals surface area (Å²) < 4.78 is 5.07. The van der Waals surface area contributed by atoms with E-state index in [-0.39, 0.29) is 0 Å². The highest BCUT2D eigenvalue weighted by Crippen LogP contribution is 2.20. The van der Waals surface area contributed by atoms with E-state index in [1.54, 1.807) is 24.4 Å². The van der Waals surface area contributed by atoms with Crippen molar-refractivity contribution >= 4 is 17.3 Å². The summed E-state index contributed by atoms with van der Waals surface area (Å²) in [6, 6.07) is 7.17. The molecule has 0 aliphatic rings. The van der Waals surface area contributed by atoms with E-state index in [2.05, 4.69) is 10.3 Å². The molecule has 0 saturated carbocycles. The Labute approximate surface area is 97.5 Å². The van der Waals surface area contributed by atoms with Gasteiger partial charge in [0.05, 0.1) is 23.3 Å². The molecule has 0 aliphatic carbocycles. The summed E-state index contributed by atoms with van der Waals surface area (Å²) in [5.74, 6) is 0.737. The number of hydrogen-bond acceptors (Lipinski definition) is 4. The van der Waals surface area contributed by atoms with Gasteiger partial charge in [0.15, 0.2) is 6.39 Å². The van der Waals surface area contributed by atoms with E-state index in [9.17, 15) is 0 Å². The Hall–Kier alpha value is -1.99. The van der Waals surface area contributed by atoms with Gasteiger partial charge in [-0.15, -0.1) is 0 Å². The van der Waals surface area contributed by atoms with Crippen LogP contribution in [0, 0.1) is 11.3 Å². The maximum atomic E-state index is 8.71. The number of halogens is 1. The Bertz CT molecular complexity index is 517. The first-order valence-electron chi connectivity index (χ1n) is 4.60. The second-order valence-electron chi connectivity index (χ2n) is 3.13. The summed E-state index contributed by atoms with van der Waals surface area (Å²) >= 11 is 5.89. The number of anilines is 1. The average Bonchev–Trinajstić information content (AvgIpc) is 2.79. The van der Waals surface area contributed by atoms with Crippen LogP contribution in [0.1, 0.15) is 11.3 Å². The molecule has 0 unspecified atom stereocenters. The third kappa shape index (κ3) is 2.33. The first-order chi connectivity index (χ1) is 7.79. The van der Waals surface area contributed by atoms with Crippen LogP contribution in [-0.2, 0) is 6.54 Å². The van der Waals surface area contributed by atoms with Gasteiger partial charge in [0.2, 0.25) is 0 Å². The van der Waals surface area contributed by atoms with Crippen molar-refractivity contribution in [2.45, 2.75) is 6.54 Å². The predicted molar refractivity (Wildman–Crippen MR) is 60.0 cm³/mol. The zero-order valence-electron chi connectivity index (χ0n) is 8.27. The Morgan fingerprint density at radius 2 is 2.38 bits per heavy atom. The molecule has 0 amide bonds. The van der Waals surface area contributed by atoms with Gasteiger partial charge >= 0.3 is 0 Å². The van der Waals surface area contributed by atoms with E-state index < -0.39 is 0 Å². The standard InChI is InChI=1S/C11H8ClN3O/c12-11-3-9(2-1-8(11)4-13)15-6-10-5-14-7-16-10/h1-3,5,7,15H,6H2. The normalized spacial score (nSPS) is 9.75. The fourth-order valence-corrected chi connectivity index (χ4v) is 1.46. The molecule has 80 valence electrons. The summed E-state index contributed by atoms with van der Waals surface area (Å²) in [6.45, 7) is 0.530. The second-order valence-corrected chi connectivity index (χ2v) is 3.53. The molecule has 1 aromatic carbocycles. The van der Waals surface area contributed by atoms with Crippen molar-refractivity contribution in [1.82, 2.24) is 4.98 Å². The van der Waals surface area contributed by atoms with Crippen molar-refractivity contribution in [3.8, 4) is 6.07 Å². The molecule has 5 heteroatoms. The lowest BCUT2D eigenvalue weighted by Crippen LogP contribution is -1.98. The third-order valence-corrected chi connectivity index (χ3v) is 2.35. The molecule has 0 fully saturated rings. The zero-order valence-corrected chi connectivity index (χ0v) is 9.03. The predicted octanol–water partition coefficient (Wildman–Crippen LogP) is 2.81. The maximum Gasteiger partial charge on any atom is 0.180 e. The van der Waals surface area contributed by atoms with Gasteiger partial charge in [-0.3, -0.25) is 0 Å². The molecule has 1 heterocycles. The van der Waals surface area contributed by atoms with Crippen molar-refractivity contribution in [3.63, 3.8) is 0 Å². The summed E-state index contributed by atoms with van der Waals surface area (Å²) in [4.78, 5) is 3.80. The topological polar surface area (TPSA) is 61.9 Å². The summed E-state index contributed by atoms with van der Waals surface area (Å²) in [5.41, 5.74) is 1.30. The number of nitrogens with one attached hydrogen (secondary N) is 1. The van der Waals surface area contributed by atoms with Gasteiger partial charge in [-0.05, 0) is 18.2 Å². The minimum Gasteiger partial charge on any atom is -0.447 e. The van der Waals surface area contributed by atoms with Crippen LogP contribution < -0.4 is 5.32 Å². The van der Waals surface area contributed by atoms with Gasteiger partial charge in [-0.1, -0.05) is 11.6 Å². The first-order valence-corrected chi connectivity index (χ1v) is 4.98. The first kappa shape index (κ1) is 10.5. The lowest BCUT2D eigenvalue weighted by atomic mass is 10.2. The van der Waals surface area contributed by atoms with Crippen molar-refractivity contribution in [1.29, 1.82) is 5.26 Å². The molecule has 0 saturated heterocycles. The molecule has 0 aliphatic heterocycles. The minimum absolute atomic E-state index is 0.435. The van der Waals surface area contributed by atoms with Crippen LogP contribution >= 0.6 is 11.6 Å². The van der Waals surface area contributed by atoms with E-state index in [0.717, 1.165) is 11.4 Å². The highest BCUT2D eigenvalue weighted by atomic mass is 35.5. The van der Waals surface area contributed by atoms with Crippen LogP contribution in [0.25, 0.3) is 0 Å². The number of aromatic nitrogens is 1. The molecule has 1 aromatic heterocycles. The number of benzene rings is 1. The monoisotopic (exact) mass is 233 g/mol. The maximum absolute atomic E-state index is 8.71. The fourth-order valence-electron chi connectivity index (χ4n) is 1.23. The highest BCUT2D eigenvalue weighted by molar-refractivity contribution is 6.32. The molecule has 0 spiro atoms. The van der Waals surface area contributed by atoms with Gasteiger partial charge in [-0.2, -0.15) is 5.26 Å². The molecule has 0 atom stereocenters. The van der Waals surface area contributed by atoms with Gasteiger partial charge < -0.3 is 9.73 Å². The van der Waals surface area contributed by atoms with E-state index in [0.29, 0.717) is 17.1 Å². The third-order valence-electron chi connectivity index (χ3n) is 2.04. The SMILES string of the molecule is N#Cc1ccc(NCc2cnco2)cc1Cl. The Morgan fingerprint density at radius 1 is 1.50 bits per heavy atom. The second kappa shape index (κ2) is 4.69. The van der Waals surface area contributed by atoms with Crippen LogP contribution in [0.2, 0.25) is 5.02 Å². The highest BCUT2D eigenvalue weighted by Gasteiger charge is 2.01. The minimum atomic E-state index is 0.435. The van der Waals surface area contributed by atoms with Crippen molar-refractivity contribution in [2.24, 2.45) is 0 Å². The average molecular weight is 234 g/mol. The van der Waals surface area contributed by atoms with E-state index in [1.165, 1.54) is 6.39 Å². The lowest BCUT2D eigenvalue weighted by molar-refractivity contribution is 0.512. The Morgan fingerprint density at radius 3 is 3.00 bits per heavy atom. The largest absolute Gasteiger partial charge is 0.447 e. The number of hydrogen-bond donors (Lipinski definition) is 1. The van der Waals surface area contributed by atoms with Gasteiger partial charge in [0, 0.05) is 5.69 Å². The summed E-state index contributed by atoms with van der Waals surface area (Å²) in [7, 11) is 0. The van der Waals surface area contributed by atoms with Crippen molar-refractivity contribution < 1.29 is 4.42 Å². The van der Waals surface area contributed by atoms with E-state index in [1.807, 2.05) is 6.07 Å². The fraction of sp³-hybridized carbons (Fsp3) is 0.0909. The van der Waals surface area contributed by atoms with Gasteiger partial charge in [0.1, 0.15) is 11.8 Å². The van der Waals surface area contributed by atoms with Crippen molar-refractivity contribution in [2.75, 3.05) is 5.32 Å². The van der Waals surface area contributed by atoms with Crippen LogP contribution in [0.3, 0.4) is 0 Å². The molecule has 0 radical (unpaired) electrons. The summed E-state index contributed by atoms with van der Waals surface area (Å²) in [5, 5.41) is 12.3. The molecule has 4 nitrogen and oxygen atoms in total. The molecule has 16 heavy (non-hydrogen) atoms. The molecular formula is C11H8ClN3O. The van der Waals surface area contributed by atoms with Gasteiger partial charge in [-0.25, -0.2) is 4.98 Å². The smallest absolute Gasteiger partial charge is 0.180 e. The lowest BCUT2D eigenvalue weighted by Gasteiger charge is -2.04. The Balaban J connectivity index is 2.06. The zero-order chi connectivity index (χ0) is 11.4. The van der Waals surface area contributed by atoms with Crippen LogP contribution in [0.4, 0.5) is 5.69 Å².